The van der Waals surface area contributed by atoms with Gasteiger partial charge in [-0.3, -0.25) is 0 Å². The first kappa shape index (κ1) is 10.1. The van der Waals surface area contributed by atoms with Crippen LogP contribution in [0.25, 0.3) is 20.2 Å². The molecule has 0 amide bonds. The van der Waals surface area contributed by atoms with E-state index >= 15 is 0 Å². The highest BCUT2D eigenvalue weighted by Gasteiger charge is 2.07. The van der Waals surface area contributed by atoms with Crippen LogP contribution in [0.4, 0.5) is 0 Å². The Bertz CT molecular complexity index is 657. The Morgan fingerprint density at radius 1 is 1.07 bits per heavy atom. The number of benzene rings is 2. The lowest BCUT2D eigenvalue weighted by Gasteiger charge is -1.95. The zero-order valence-electron chi connectivity index (χ0n) is 7.63. The highest BCUT2D eigenvalue weighted by Crippen LogP contribution is 2.37. The van der Waals surface area contributed by atoms with E-state index < -0.39 is 0 Å². The van der Waals surface area contributed by atoms with Gasteiger partial charge in [-0.1, -0.05) is 22.0 Å². The Morgan fingerprint density at radius 2 is 1.93 bits per heavy atom. The first-order valence-corrected chi connectivity index (χ1v) is 7.21. The van der Waals surface area contributed by atoms with Crippen molar-refractivity contribution >= 4 is 70.0 Å². The molecule has 1 heterocycles. The normalized spacial score (nSPS) is 11.3. The van der Waals surface area contributed by atoms with Crippen molar-refractivity contribution in [1.29, 1.82) is 0 Å². The largest absolute Gasteiger partial charge is 0.135 e. The van der Waals surface area contributed by atoms with Crippen molar-refractivity contribution in [2.45, 2.75) is 0 Å². The second-order valence-corrected chi connectivity index (χ2v) is 6.52. The number of hydrogen-bond acceptors (Lipinski definition) is 1. The van der Waals surface area contributed by atoms with Gasteiger partial charge in [0.2, 0.25) is 0 Å². The van der Waals surface area contributed by atoms with E-state index in [4.69, 9.17) is 0 Å². The monoisotopic (exact) mass is 388 g/mol. The molecule has 0 aliphatic carbocycles. The maximum absolute atomic E-state index is 3.53. The number of hydrogen-bond donors (Lipinski definition) is 0. The molecule has 15 heavy (non-hydrogen) atoms. The molecule has 0 spiro atoms. The molecule has 0 atom stereocenters. The van der Waals surface area contributed by atoms with Crippen LogP contribution in [0.2, 0.25) is 0 Å². The van der Waals surface area contributed by atoms with E-state index in [0.717, 1.165) is 4.47 Å². The molecule has 0 saturated carbocycles. The van der Waals surface area contributed by atoms with Gasteiger partial charge in [-0.25, -0.2) is 0 Å². The van der Waals surface area contributed by atoms with Crippen molar-refractivity contribution in [2.75, 3.05) is 0 Å². The second-order valence-electron chi connectivity index (χ2n) is 3.36. The summed E-state index contributed by atoms with van der Waals surface area (Å²) in [5.74, 6) is 0. The lowest BCUT2D eigenvalue weighted by atomic mass is 10.2. The van der Waals surface area contributed by atoms with Crippen molar-refractivity contribution in [3.63, 3.8) is 0 Å². The molecule has 0 aliphatic rings. The lowest BCUT2D eigenvalue weighted by Crippen LogP contribution is -1.72. The summed E-state index contributed by atoms with van der Waals surface area (Å²) >= 11 is 7.79. The van der Waals surface area contributed by atoms with Crippen LogP contribution >= 0.6 is 49.9 Å². The molecular weight excluding hydrogens is 383 g/mol. The van der Waals surface area contributed by atoms with Crippen LogP contribution < -0.4 is 0 Å². The minimum atomic E-state index is 1.15. The van der Waals surface area contributed by atoms with Gasteiger partial charge in [0.15, 0.2) is 0 Å². The maximum Gasteiger partial charge on any atom is 0.0366 e. The average Bonchev–Trinajstić information content (AvgIpc) is 2.57. The fourth-order valence-corrected chi connectivity index (χ4v) is 4.20. The highest BCUT2D eigenvalue weighted by molar-refractivity contribution is 14.1. The Morgan fingerprint density at radius 3 is 2.80 bits per heavy atom. The Kier molecular flexibility index (Phi) is 2.49. The van der Waals surface area contributed by atoms with Gasteiger partial charge in [-0.05, 0) is 52.9 Å². The fraction of sp³-hybridized carbons (Fsp3) is 0. The van der Waals surface area contributed by atoms with Crippen molar-refractivity contribution < 1.29 is 0 Å². The lowest BCUT2D eigenvalue weighted by molar-refractivity contribution is 1.75. The van der Waals surface area contributed by atoms with E-state index in [1.807, 2.05) is 11.3 Å². The number of thiophene rings is 1. The van der Waals surface area contributed by atoms with Crippen LogP contribution in [0.1, 0.15) is 0 Å². The maximum atomic E-state index is 3.53. The van der Waals surface area contributed by atoms with Gasteiger partial charge >= 0.3 is 0 Å². The van der Waals surface area contributed by atoms with Crippen LogP contribution in [0, 0.1) is 3.57 Å². The molecule has 0 radical (unpaired) electrons. The molecule has 3 heteroatoms. The minimum absolute atomic E-state index is 1.15. The predicted octanol–water partition coefficient (Wildman–Crippen LogP) is 5.42. The van der Waals surface area contributed by atoms with Gasteiger partial charge in [-0.2, -0.15) is 0 Å². The summed E-state index contributed by atoms with van der Waals surface area (Å²) in [7, 11) is 0. The summed E-state index contributed by atoms with van der Waals surface area (Å²) in [5, 5.41) is 2.74. The van der Waals surface area contributed by atoms with Crippen LogP contribution in [-0.4, -0.2) is 0 Å². The fourth-order valence-electron chi connectivity index (χ4n) is 1.76. The molecule has 3 rings (SSSR count). The van der Waals surface area contributed by atoms with Gasteiger partial charge in [-0.15, -0.1) is 11.3 Å². The third-order valence-corrected chi connectivity index (χ3v) is 4.93. The predicted molar refractivity (Wildman–Crippen MR) is 79.7 cm³/mol. The summed E-state index contributed by atoms with van der Waals surface area (Å²) in [5.41, 5.74) is 0. The summed E-state index contributed by atoms with van der Waals surface area (Å²) in [4.78, 5) is 0. The number of fused-ring (bicyclic) bond motifs is 3. The highest BCUT2D eigenvalue weighted by atomic mass is 127. The van der Waals surface area contributed by atoms with Crippen LogP contribution in [0.15, 0.2) is 40.9 Å². The van der Waals surface area contributed by atoms with Crippen molar-refractivity contribution in [3.8, 4) is 0 Å². The molecule has 0 nitrogen and oxygen atoms in total. The van der Waals surface area contributed by atoms with E-state index in [0.29, 0.717) is 0 Å². The minimum Gasteiger partial charge on any atom is -0.135 e. The van der Waals surface area contributed by atoms with Crippen LogP contribution in [0.5, 0.6) is 0 Å². The Labute approximate surface area is 114 Å². The standard InChI is InChI=1S/C12H6BrIS/c13-7-4-5-10-8(6-7)12-9(14)2-1-3-11(12)15-10/h1-6H. The van der Waals surface area contributed by atoms with E-state index in [9.17, 15) is 0 Å². The molecule has 0 unspecified atom stereocenters. The summed E-state index contributed by atoms with van der Waals surface area (Å²) < 4.78 is 5.20. The molecule has 0 bridgehead atoms. The smallest absolute Gasteiger partial charge is 0.0366 e. The molecule has 3 aromatic rings. The van der Waals surface area contributed by atoms with Gasteiger partial charge in [0.05, 0.1) is 0 Å². The first-order valence-electron chi connectivity index (χ1n) is 4.52. The third kappa shape index (κ3) is 1.61. The number of rotatable bonds is 0. The molecule has 1 aromatic heterocycles. The van der Waals surface area contributed by atoms with Crippen LogP contribution in [0.3, 0.4) is 0 Å². The van der Waals surface area contributed by atoms with Crippen molar-refractivity contribution in [2.24, 2.45) is 0 Å². The third-order valence-electron chi connectivity index (χ3n) is 2.41. The SMILES string of the molecule is Brc1ccc2sc3cccc(I)c3c2c1. The van der Waals surface area contributed by atoms with Gasteiger partial charge < -0.3 is 0 Å². The molecule has 0 N–H and O–H groups in total. The Balaban J connectivity index is 2.61. The first-order chi connectivity index (χ1) is 7.25. The zero-order valence-corrected chi connectivity index (χ0v) is 12.2. The van der Waals surface area contributed by atoms with Gasteiger partial charge in [0, 0.05) is 28.2 Å². The quantitative estimate of drug-likeness (QED) is 0.451. The topological polar surface area (TPSA) is 0 Å². The Hall–Kier alpha value is -0.130. The molecule has 0 aliphatic heterocycles. The molecule has 0 saturated heterocycles. The number of halogens is 2. The van der Waals surface area contributed by atoms with E-state index in [2.05, 4.69) is 74.9 Å². The van der Waals surface area contributed by atoms with E-state index in [1.54, 1.807) is 0 Å². The molecular formula is C12H6BrIS. The van der Waals surface area contributed by atoms with Crippen molar-refractivity contribution in [1.82, 2.24) is 0 Å². The molecule has 2 aromatic carbocycles. The van der Waals surface area contributed by atoms with Gasteiger partial charge in [0.1, 0.15) is 0 Å². The summed E-state index contributed by atoms with van der Waals surface area (Å²) in [6, 6.07) is 13.0. The average molecular weight is 389 g/mol. The summed E-state index contributed by atoms with van der Waals surface area (Å²) in [6.45, 7) is 0. The van der Waals surface area contributed by atoms with Gasteiger partial charge in [0.25, 0.3) is 0 Å². The van der Waals surface area contributed by atoms with E-state index in [-0.39, 0.29) is 0 Å². The van der Waals surface area contributed by atoms with Crippen LogP contribution in [-0.2, 0) is 0 Å². The molecule has 0 fully saturated rings. The summed E-state index contributed by atoms with van der Waals surface area (Å²) in [6.07, 6.45) is 0. The van der Waals surface area contributed by atoms with Crippen molar-refractivity contribution in [3.05, 3.63) is 44.4 Å². The molecule has 74 valence electrons. The van der Waals surface area contributed by atoms with E-state index in [1.165, 1.54) is 23.7 Å². The zero-order chi connectivity index (χ0) is 10.4. The second kappa shape index (κ2) is 3.71.